The Labute approximate surface area is 126 Å². The number of nitrogens with one attached hydrogen (secondary N) is 1. The van der Waals surface area contributed by atoms with E-state index < -0.39 is 0 Å². The molecule has 1 rings (SSSR count). The minimum Gasteiger partial charge on any atom is -0.382 e. The van der Waals surface area contributed by atoms with Gasteiger partial charge in [-0.05, 0) is 50.4 Å². The molecule has 0 bridgehead atoms. The van der Waals surface area contributed by atoms with E-state index in [4.69, 9.17) is 27.9 Å². The molecule has 2 unspecified atom stereocenters. The molecule has 0 heterocycles. The lowest BCUT2D eigenvalue weighted by Crippen LogP contribution is -2.23. The van der Waals surface area contributed by atoms with Crippen molar-refractivity contribution in [3.05, 3.63) is 33.8 Å². The summed E-state index contributed by atoms with van der Waals surface area (Å²) in [6, 6.07) is 6.15. The van der Waals surface area contributed by atoms with Crippen LogP contribution in [-0.4, -0.2) is 19.8 Å². The van der Waals surface area contributed by atoms with E-state index in [-0.39, 0.29) is 6.10 Å². The third kappa shape index (κ3) is 5.70. The molecule has 108 valence electrons. The first-order valence-corrected chi connectivity index (χ1v) is 7.55. The third-order valence-electron chi connectivity index (χ3n) is 3.25. The maximum atomic E-state index is 6.10. The van der Waals surface area contributed by atoms with Crippen molar-refractivity contribution in [3.63, 3.8) is 0 Å². The van der Waals surface area contributed by atoms with Crippen LogP contribution in [0, 0.1) is 0 Å². The van der Waals surface area contributed by atoms with Gasteiger partial charge in [-0.25, -0.2) is 0 Å². The average molecular weight is 304 g/mol. The van der Waals surface area contributed by atoms with Gasteiger partial charge in [-0.1, -0.05) is 36.2 Å². The molecular weight excluding hydrogens is 281 g/mol. The first-order valence-electron chi connectivity index (χ1n) is 6.79. The van der Waals surface area contributed by atoms with E-state index in [0.29, 0.717) is 16.1 Å². The zero-order valence-electron chi connectivity index (χ0n) is 11.9. The Morgan fingerprint density at radius 2 is 1.95 bits per heavy atom. The minimum atomic E-state index is 0.272. The van der Waals surface area contributed by atoms with Crippen LogP contribution in [-0.2, 0) is 4.74 Å². The zero-order chi connectivity index (χ0) is 14.3. The molecule has 0 aromatic heterocycles. The van der Waals surface area contributed by atoms with Crippen LogP contribution in [0.4, 0.5) is 0 Å². The van der Waals surface area contributed by atoms with Gasteiger partial charge in [0.2, 0.25) is 0 Å². The van der Waals surface area contributed by atoms with Gasteiger partial charge in [-0.15, -0.1) is 0 Å². The lowest BCUT2D eigenvalue weighted by molar-refractivity contribution is 0.106. The first-order chi connectivity index (χ1) is 9.08. The maximum Gasteiger partial charge on any atom is 0.0595 e. The SMILES string of the molecule is CCCNC(CCC(C)OC)c1ccc(Cl)c(Cl)c1. The quantitative estimate of drug-likeness (QED) is 0.741. The summed E-state index contributed by atoms with van der Waals surface area (Å²) in [6.07, 6.45) is 3.41. The van der Waals surface area contributed by atoms with Crippen LogP contribution in [0.2, 0.25) is 10.0 Å². The van der Waals surface area contributed by atoms with Crippen LogP contribution in [0.5, 0.6) is 0 Å². The number of hydrogen-bond donors (Lipinski definition) is 1. The van der Waals surface area contributed by atoms with Crippen molar-refractivity contribution in [2.24, 2.45) is 0 Å². The summed E-state index contributed by atoms with van der Waals surface area (Å²) in [5.41, 5.74) is 1.19. The van der Waals surface area contributed by atoms with Crippen LogP contribution < -0.4 is 5.32 Å². The van der Waals surface area contributed by atoms with Crippen LogP contribution in [0.1, 0.15) is 44.7 Å². The summed E-state index contributed by atoms with van der Waals surface area (Å²) in [4.78, 5) is 0. The summed E-state index contributed by atoms with van der Waals surface area (Å²) in [5, 5.41) is 4.77. The molecular formula is C15H23Cl2NO. The van der Waals surface area contributed by atoms with Crippen molar-refractivity contribution in [2.75, 3.05) is 13.7 Å². The minimum absolute atomic E-state index is 0.272. The Hall–Kier alpha value is -0.280. The van der Waals surface area contributed by atoms with Gasteiger partial charge in [-0.3, -0.25) is 0 Å². The fourth-order valence-electron chi connectivity index (χ4n) is 1.95. The van der Waals surface area contributed by atoms with Crippen molar-refractivity contribution in [3.8, 4) is 0 Å². The predicted octanol–water partition coefficient (Wildman–Crippen LogP) is 4.85. The van der Waals surface area contributed by atoms with Gasteiger partial charge < -0.3 is 10.1 Å². The number of rotatable bonds is 8. The van der Waals surface area contributed by atoms with E-state index in [2.05, 4.69) is 19.2 Å². The highest BCUT2D eigenvalue weighted by atomic mass is 35.5. The highest BCUT2D eigenvalue weighted by Gasteiger charge is 2.13. The van der Waals surface area contributed by atoms with Gasteiger partial charge in [0.25, 0.3) is 0 Å². The number of methoxy groups -OCH3 is 1. The van der Waals surface area contributed by atoms with Gasteiger partial charge in [0.05, 0.1) is 16.1 Å². The van der Waals surface area contributed by atoms with Crippen LogP contribution in [0.3, 0.4) is 0 Å². The Morgan fingerprint density at radius 3 is 2.53 bits per heavy atom. The average Bonchev–Trinajstić information content (AvgIpc) is 2.42. The van der Waals surface area contributed by atoms with Crippen molar-refractivity contribution in [2.45, 2.75) is 45.3 Å². The van der Waals surface area contributed by atoms with Crippen LogP contribution >= 0.6 is 23.2 Å². The molecule has 0 saturated carbocycles. The molecule has 1 N–H and O–H groups in total. The topological polar surface area (TPSA) is 21.3 Å². The number of hydrogen-bond acceptors (Lipinski definition) is 2. The zero-order valence-corrected chi connectivity index (χ0v) is 13.4. The Morgan fingerprint density at radius 1 is 1.21 bits per heavy atom. The Bertz CT molecular complexity index is 384. The van der Waals surface area contributed by atoms with E-state index in [1.54, 1.807) is 7.11 Å². The van der Waals surface area contributed by atoms with E-state index in [9.17, 15) is 0 Å². The summed E-state index contributed by atoms with van der Waals surface area (Å²) >= 11 is 12.1. The second kappa shape index (κ2) is 8.80. The molecule has 0 radical (unpaired) electrons. The van der Waals surface area contributed by atoms with Gasteiger partial charge in [0.1, 0.15) is 0 Å². The van der Waals surface area contributed by atoms with Crippen LogP contribution in [0.25, 0.3) is 0 Å². The Balaban J connectivity index is 2.73. The third-order valence-corrected chi connectivity index (χ3v) is 3.99. The second-order valence-corrected chi connectivity index (χ2v) is 5.62. The normalized spacial score (nSPS) is 14.4. The highest BCUT2D eigenvalue weighted by Crippen LogP contribution is 2.28. The van der Waals surface area contributed by atoms with Crippen LogP contribution in [0.15, 0.2) is 18.2 Å². The largest absolute Gasteiger partial charge is 0.382 e. The predicted molar refractivity (Wildman–Crippen MR) is 83.2 cm³/mol. The molecule has 0 aliphatic carbocycles. The van der Waals surface area contributed by atoms with Gasteiger partial charge in [0, 0.05) is 13.2 Å². The van der Waals surface area contributed by atoms with Gasteiger partial charge in [0.15, 0.2) is 0 Å². The summed E-state index contributed by atoms with van der Waals surface area (Å²) < 4.78 is 5.31. The first kappa shape index (κ1) is 16.8. The standard InChI is InChI=1S/C15H23Cl2NO/c1-4-9-18-15(8-5-11(2)19-3)12-6-7-13(16)14(17)10-12/h6-7,10-11,15,18H,4-5,8-9H2,1-3H3. The lowest BCUT2D eigenvalue weighted by atomic mass is 10.00. The molecule has 2 nitrogen and oxygen atoms in total. The number of ether oxygens (including phenoxy) is 1. The van der Waals surface area contributed by atoms with E-state index in [1.807, 2.05) is 18.2 Å². The number of halogens is 2. The van der Waals surface area contributed by atoms with Gasteiger partial charge in [-0.2, -0.15) is 0 Å². The fourth-order valence-corrected chi connectivity index (χ4v) is 2.26. The summed E-state index contributed by atoms with van der Waals surface area (Å²) in [5.74, 6) is 0. The van der Waals surface area contributed by atoms with E-state index in [1.165, 1.54) is 5.56 Å². The monoisotopic (exact) mass is 303 g/mol. The smallest absolute Gasteiger partial charge is 0.0595 e. The molecule has 4 heteroatoms. The maximum absolute atomic E-state index is 6.10. The summed E-state index contributed by atoms with van der Waals surface area (Å²) in [6.45, 7) is 5.24. The molecule has 0 saturated heterocycles. The second-order valence-electron chi connectivity index (χ2n) is 4.80. The Kier molecular flexibility index (Phi) is 7.77. The molecule has 0 aliphatic rings. The molecule has 0 amide bonds. The highest BCUT2D eigenvalue weighted by molar-refractivity contribution is 6.42. The summed E-state index contributed by atoms with van der Waals surface area (Å²) in [7, 11) is 1.75. The molecule has 0 fully saturated rings. The van der Waals surface area contributed by atoms with Gasteiger partial charge >= 0.3 is 0 Å². The molecule has 0 aliphatic heterocycles. The molecule has 2 atom stereocenters. The van der Waals surface area contributed by atoms with Crippen molar-refractivity contribution < 1.29 is 4.74 Å². The van der Waals surface area contributed by atoms with E-state index in [0.717, 1.165) is 25.8 Å². The van der Waals surface area contributed by atoms with Crippen molar-refractivity contribution >= 4 is 23.2 Å². The molecule has 1 aromatic rings. The molecule has 19 heavy (non-hydrogen) atoms. The number of benzene rings is 1. The molecule has 1 aromatic carbocycles. The molecule has 0 spiro atoms. The fraction of sp³-hybridized carbons (Fsp3) is 0.600. The van der Waals surface area contributed by atoms with E-state index >= 15 is 0 Å². The lowest BCUT2D eigenvalue weighted by Gasteiger charge is -2.21. The van der Waals surface area contributed by atoms with Crippen molar-refractivity contribution in [1.29, 1.82) is 0 Å². The van der Waals surface area contributed by atoms with Crippen molar-refractivity contribution in [1.82, 2.24) is 5.32 Å².